The van der Waals surface area contributed by atoms with Crippen molar-refractivity contribution in [1.82, 2.24) is 10.6 Å². The highest BCUT2D eigenvalue weighted by Crippen LogP contribution is 2.17. The highest BCUT2D eigenvalue weighted by molar-refractivity contribution is 9.10. The second-order valence-electron chi connectivity index (χ2n) is 5.45. The molecule has 0 saturated carbocycles. The van der Waals surface area contributed by atoms with Gasteiger partial charge in [0.05, 0.1) is 0 Å². The summed E-state index contributed by atoms with van der Waals surface area (Å²) in [6.07, 6.45) is -0.402. The van der Waals surface area contributed by atoms with Crippen LogP contribution in [0.5, 0.6) is 0 Å². The van der Waals surface area contributed by atoms with Crippen molar-refractivity contribution in [2.75, 3.05) is 18.8 Å². The number of anilines is 1. The van der Waals surface area contributed by atoms with Crippen LogP contribution in [0.1, 0.15) is 26.3 Å². The number of alkyl carbamates (subject to hydrolysis) is 1. The first-order chi connectivity index (χ1) is 9.28. The van der Waals surface area contributed by atoms with E-state index in [-0.39, 0.29) is 0 Å². The maximum absolute atomic E-state index is 11.4. The van der Waals surface area contributed by atoms with Crippen molar-refractivity contribution < 1.29 is 9.53 Å². The Kier molecular flexibility index (Phi) is 6.29. The van der Waals surface area contributed by atoms with Crippen molar-refractivity contribution in [2.45, 2.75) is 32.9 Å². The fourth-order valence-corrected chi connectivity index (χ4v) is 1.93. The summed E-state index contributed by atoms with van der Waals surface area (Å²) in [4.78, 5) is 11.4. The first kappa shape index (κ1) is 16.8. The first-order valence-electron chi connectivity index (χ1n) is 6.49. The van der Waals surface area contributed by atoms with E-state index >= 15 is 0 Å². The zero-order valence-corrected chi connectivity index (χ0v) is 13.7. The molecule has 4 N–H and O–H groups in total. The van der Waals surface area contributed by atoms with E-state index in [0.717, 1.165) is 15.7 Å². The third kappa shape index (κ3) is 6.77. The van der Waals surface area contributed by atoms with Crippen LogP contribution in [-0.4, -0.2) is 24.8 Å². The van der Waals surface area contributed by atoms with Crippen LogP contribution in [0, 0.1) is 0 Å². The molecule has 0 radical (unpaired) electrons. The van der Waals surface area contributed by atoms with E-state index in [1.165, 1.54) is 0 Å². The lowest BCUT2D eigenvalue weighted by Crippen LogP contribution is -2.36. The third-order valence-electron chi connectivity index (χ3n) is 2.39. The van der Waals surface area contributed by atoms with Crippen molar-refractivity contribution in [1.29, 1.82) is 0 Å². The maximum Gasteiger partial charge on any atom is 0.407 e. The predicted octanol–water partition coefficient (Wildman–Crippen LogP) is 2.65. The first-order valence-corrected chi connectivity index (χ1v) is 7.29. The number of carbonyl (C=O) groups is 1. The van der Waals surface area contributed by atoms with E-state index in [1.807, 2.05) is 39.0 Å². The van der Waals surface area contributed by atoms with Crippen LogP contribution in [-0.2, 0) is 11.3 Å². The molecule has 0 saturated heterocycles. The summed E-state index contributed by atoms with van der Waals surface area (Å²) in [5, 5.41) is 5.90. The standard InChI is InChI=1S/C14H22BrN3O2/c1-14(2,3)20-13(19)18-7-6-17-9-10-8-11(15)4-5-12(10)16/h4-5,8,17H,6-7,9,16H2,1-3H3,(H,18,19). The molecule has 6 heteroatoms. The predicted molar refractivity (Wildman–Crippen MR) is 84.5 cm³/mol. The number of nitrogen functional groups attached to an aromatic ring is 1. The van der Waals surface area contributed by atoms with Gasteiger partial charge in [-0.05, 0) is 44.5 Å². The highest BCUT2D eigenvalue weighted by Gasteiger charge is 2.15. The minimum Gasteiger partial charge on any atom is -0.444 e. The zero-order chi connectivity index (χ0) is 15.2. The van der Waals surface area contributed by atoms with E-state index in [0.29, 0.717) is 19.6 Å². The lowest BCUT2D eigenvalue weighted by atomic mass is 10.2. The fourth-order valence-electron chi connectivity index (χ4n) is 1.52. The smallest absolute Gasteiger partial charge is 0.407 e. The van der Waals surface area contributed by atoms with Gasteiger partial charge in [-0.2, -0.15) is 0 Å². The Morgan fingerprint density at radius 3 is 2.70 bits per heavy atom. The van der Waals surface area contributed by atoms with Gasteiger partial charge in [0.1, 0.15) is 5.60 Å². The molecule has 0 atom stereocenters. The molecule has 0 aliphatic heterocycles. The number of halogens is 1. The minimum atomic E-state index is -0.470. The van der Waals surface area contributed by atoms with Crippen molar-refractivity contribution in [3.05, 3.63) is 28.2 Å². The summed E-state index contributed by atoms with van der Waals surface area (Å²) in [7, 11) is 0. The topological polar surface area (TPSA) is 76.4 Å². The quantitative estimate of drug-likeness (QED) is 0.567. The SMILES string of the molecule is CC(C)(C)OC(=O)NCCNCc1cc(Br)ccc1N. The average molecular weight is 344 g/mol. The van der Waals surface area contributed by atoms with Crippen LogP contribution in [0.25, 0.3) is 0 Å². The number of ether oxygens (including phenoxy) is 1. The van der Waals surface area contributed by atoms with Crippen LogP contribution >= 0.6 is 15.9 Å². The highest BCUT2D eigenvalue weighted by atomic mass is 79.9. The Balaban J connectivity index is 2.22. The largest absolute Gasteiger partial charge is 0.444 e. The number of amides is 1. The summed E-state index contributed by atoms with van der Waals surface area (Å²) in [5.74, 6) is 0. The van der Waals surface area contributed by atoms with Gasteiger partial charge in [-0.25, -0.2) is 4.79 Å². The van der Waals surface area contributed by atoms with E-state index in [1.54, 1.807) is 0 Å². The summed E-state index contributed by atoms with van der Waals surface area (Å²) < 4.78 is 6.13. The molecule has 1 aromatic rings. The zero-order valence-electron chi connectivity index (χ0n) is 12.1. The van der Waals surface area contributed by atoms with E-state index in [9.17, 15) is 4.79 Å². The number of hydrogen-bond donors (Lipinski definition) is 3. The third-order valence-corrected chi connectivity index (χ3v) is 2.88. The van der Waals surface area contributed by atoms with Crippen molar-refractivity contribution in [3.63, 3.8) is 0 Å². The molecule has 0 unspecified atom stereocenters. The number of nitrogens with two attached hydrogens (primary N) is 1. The Hall–Kier alpha value is -1.27. The van der Waals surface area contributed by atoms with Gasteiger partial charge in [-0.1, -0.05) is 15.9 Å². The lowest BCUT2D eigenvalue weighted by Gasteiger charge is -2.19. The van der Waals surface area contributed by atoms with Crippen molar-refractivity contribution in [2.24, 2.45) is 0 Å². The molecule has 1 aromatic carbocycles. The molecule has 5 nitrogen and oxygen atoms in total. The summed E-state index contributed by atoms with van der Waals surface area (Å²) in [6.45, 7) is 7.30. The number of hydrogen-bond acceptors (Lipinski definition) is 4. The molecule has 0 aromatic heterocycles. The van der Waals surface area contributed by atoms with Gasteiger partial charge in [0.25, 0.3) is 0 Å². The van der Waals surface area contributed by atoms with Crippen LogP contribution in [0.15, 0.2) is 22.7 Å². The molecule has 0 aliphatic rings. The molecule has 0 bridgehead atoms. The molecular weight excluding hydrogens is 322 g/mol. The normalized spacial score (nSPS) is 11.2. The van der Waals surface area contributed by atoms with E-state index in [2.05, 4.69) is 26.6 Å². The number of benzene rings is 1. The van der Waals surface area contributed by atoms with Gasteiger partial charge in [0.15, 0.2) is 0 Å². The average Bonchev–Trinajstić information content (AvgIpc) is 2.30. The van der Waals surface area contributed by atoms with Crippen LogP contribution in [0.2, 0.25) is 0 Å². The van der Waals surface area contributed by atoms with Gasteiger partial charge in [0, 0.05) is 29.8 Å². The Morgan fingerprint density at radius 2 is 2.05 bits per heavy atom. The number of nitrogens with one attached hydrogen (secondary N) is 2. The second kappa shape index (κ2) is 7.50. The maximum atomic E-state index is 11.4. The molecular formula is C14H22BrN3O2. The molecule has 0 spiro atoms. The summed E-state index contributed by atoms with van der Waals surface area (Å²) in [6, 6.07) is 5.74. The fraction of sp³-hybridized carbons (Fsp3) is 0.500. The Bertz CT molecular complexity index is 458. The summed E-state index contributed by atoms with van der Waals surface area (Å²) in [5.41, 5.74) is 7.18. The number of rotatable bonds is 5. The van der Waals surface area contributed by atoms with Crippen LogP contribution in [0.3, 0.4) is 0 Å². The van der Waals surface area contributed by atoms with Gasteiger partial charge >= 0.3 is 6.09 Å². The summed E-state index contributed by atoms with van der Waals surface area (Å²) >= 11 is 3.41. The monoisotopic (exact) mass is 343 g/mol. The Labute approximate surface area is 128 Å². The van der Waals surface area contributed by atoms with Gasteiger partial charge in [0.2, 0.25) is 0 Å². The molecule has 0 fully saturated rings. The minimum absolute atomic E-state index is 0.402. The van der Waals surface area contributed by atoms with E-state index < -0.39 is 11.7 Å². The van der Waals surface area contributed by atoms with Gasteiger partial charge in [-0.3, -0.25) is 0 Å². The number of carbonyl (C=O) groups excluding carboxylic acids is 1. The molecule has 112 valence electrons. The molecule has 0 aliphatic carbocycles. The molecule has 0 heterocycles. The van der Waals surface area contributed by atoms with Gasteiger partial charge in [-0.15, -0.1) is 0 Å². The van der Waals surface area contributed by atoms with Crippen LogP contribution in [0.4, 0.5) is 10.5 Å². The lowest BCUT2D eigenvalue weighted by molar-refractivity contribution is 0.0528. The Morgan fingerprint density at radius 1 is 1.35 bits per heavy atom. The molecule has 20 heavy (non-hydrogen) atoms. The molecule has 1 rings (SSSR count). The van der Waals surface area contributed by atoms with Gasteiger partial charge < -0.3 is 21.1 Å². The van der Waals surface area contributed by atoms with E-state index in [4.69, 9.17) is 10.5 Å². The molecule has 1 amide bonds. The van der Waals surface area contributed by atoms with Crippen LogP contribution < -0.4 is 16.4 Å². The van der Waals surface area contributed by atoms with Crippen molar-refractivity contribution in [3.8, 4) is 0 Å². The second-order valence-corrected chi connectivity index (χ2v) is 6.36. The van der Waals surface area contributed by atoms with Crippen molar-refractivity contribution >= 4 is 27.7 Å².